The van der Waals surface area contributed by atoms with Crippen molar-refractivity contribution in [2.45, 2.75) is 104 Å². The number of aliphatic hydroxyl groups excluding tert-OH is 1. The second kappa shape index (κ2) is 17.3. The number of carbonyl (C=O) groups is 3. The highest BCUT2D eigenvalue weighted by Crippen LogP contribution is 2.21. The van der Waals surface area contributed by atoms with Gasteiger partial charge in [0.25, 0.3) is 0 Å². The molecule has 0 aromatic heterocycles. The van der Waals surface area contributed by atoms with E-state index in [1.807, 2.05) is 0 Å². The first kappa shape index (κ1) is 29.7. The van der Waals surface area contributed by atoms with Crippen molar-refractivity contribution in [3.05, 3.63) is 0 Å². The fraction of sp³-hybridized carbons (Fsp3) is 0.875. The SMILES string of the molecule is CCCCCCCCCC(CCN)C(=O)C[C@H](C(=O)N[C@@H](CN)C(=O)C(C)C)C(C)O. The Balaban J connectivity index is 4.84. The molecule has 6 N–H and O–H groups in total. The molecular weight excluding hydrogens is 394 g/mol. The molecule has 0 aliphatic heterocycles. The number of amides is 1. The number of hydrogen-bond donors (Lipinski definition) is 4. The molecule has 7 nitrogen and oxygen atoms in total. The molecule has 0 aliphatic carbocycles. The molecule has 0 bridgehead atoms. The molecule has 0 radical (unpaired) electrons. The predicted molar refractivity (Wildman–Crippen MR) is 125 cm³/mol. The molecule has 0 rings (SSSR count). The van der Waals surface area contributed by atoms with Gasteiger partial charge in [0.2, 0.25) is 5.91 Å². The zero-order valence-electron chi connectivity index (χ0n) is 20.2. The third kappa shape index (κ3) is 12.3. The molecule has 7 heteroatoms. The van der Waals surface area contributed by atoms with Crippen molar-refractivity contribution < 1.29 is 19.5 Å². The summed E-state index contributed by atoms with van der Waals surface area (Å²) in [5.41, 5.74) is 11.4. The lowest BCUT2D eigenvalue weighted by Crippen LogP contribution is -2.51. The molecule has 0 saturated carbocycles. The van der Waals surface area contributed by atoms with Crippen LogP contribution in [0.3, 0.4) is 0 Å². The Labute approximate surface area is 189 Å². The average molecular weight is 442 g/mol. The van der Waals surface area contributed by atoms with Gasteiger partial charge in [0.15, 0.2) is 5.78 Å². The van der Waals surface area contributed by atoms with E-state index in [-0.39, 0.29) is 36.4 Å². The molecule has 31 heavy (non-hydrogen) atoms. The molecule has 0 fully saturated rings. The molecule has 182 valence electrons. The van der Waals surface area contributed by atoms with Crippen LogP contribution < -0.4 is 16.8 Å². The molecule has 0 aromatic carbocycles. The number of aliphatic hydroxyl groups is 1. The van der Waals surface area contributed by atoms with Crippen LogP contribution in [-0.4, -0.2) is 47.8 Å². The van der Waals surface area contributed by atoms with Crippen molar-refractivity contribution in [3.8, 4) is 0 Å². The minimum atomic E-state index is -1.01. The summed E-state index contributed by atoms with van der Waals surface area (Å²) < 4.78 is 0. The van der Waals surface area contributed by atoms with Gasteiger partial charge >= 0.3 is 0 Å². The smallest absolute Gasteiger partial charge is 0.226 e. The molecule has 0 aliphatic rings. The summed E-state index contributed by atoms with van der Waals surface area (Å²) in [7, 11) is 0. The summed E-state index contributed by atoms with van der Waals surface area (Å²) in [6.07, 6.45) is 8.49. The largest absolute Gasteiger partial charge is 0.393 e. The van der Waals surface area contributed by atoms with Crippen LogP contribution in [0.1, 0.15) is 91.9 Å². The van der Waals surface area contributed by atoms with Crippen LogP contribution in [0.15, 0.2) is 0 Å². The Bertz CT molecular complexity index is 523. The quantitative estimate of drug-likeness (QED) is 0.228. The zero-order chi connectivity index (χ0) is 23.8. The predicted octanol–water partition coefficient (Wildman–Crippen LogP) is 2.72. The third-order valence-corrected chi connectivity index (χ3v) is 5.93. The molecule has 1 amide bonds. The van der Waals surface area contributed by atoms with E-state index in [0.717, 1.165) is 19.3 Å². The number of unbranched alkanes of at least 4 members (excludes halogenated alkanes) is 6. The van der Waals surface area contributed by atoms with Crippen LogP contribution in [0.5, 0.6) is 0 Å². The minimum absolute atomic E-state index is 0.0166. The summed E-state index contributed by atoms with van der Waals surface area (Å²) in [6.45, 7) is 7.58. The first-order valence-electron chi connectivity index (χ1n) is 12.1. The molecule has 0 heterocycles. The Morgan fingerprint density at radius 1 is 0.903 bits per heavy atom. The monoisotopic (exact) mass is 441 g/mol. The first-order chi connectivity index (χ1) is 14.7. The van der Waals surface area contributed by atoms with Gasteiger partial charge in [-0.15, -0.1) is 0 Å². The second-order valence-corrected chi connectivity index (χ2v) is 9.06. The van der Waals surface area contributed by atoms with Crippen LogP contribution in [0.4, 0.5) is 0 Å². The van der Waals surface area contributed by atoms with Crippen molar-refractivity contribution in [2.75, 3.05) is 13.1 Å². The molecule has 0 aromatic rings. The number of carbonyl (C=O) groups excluding carboxylic acids is 3. The topological polar surface area (TPSA) is 136 Å². The fourth-order valence-corrected chi connectivity index (χ4v) is 3.81. The minimum Gasteiger partial charge on any atom is -0.393 e. The van der Waals surface area contributed by atoms with Gasteiger partial charge in [-0.1, -0.05) is 65.7 Å². The summed E-state index contributed by atoms with van der Waals surface area (Å²) in [5.74, 6) is -2.08. The third-order valence-electron chi connectivity index (χ3n) is 5.93. The van der Waals surface area contributed by atoms with E-state index < -0.39 is 24.0 Å². The van der Waals surface area contributed by atoms with E-state index in [1.165, 1.54) is 39.0 Å². The van der Waals surface area contributed by atoms with Gasteiger partial charge in [0, 0.05) is 24.8 Å². The van der Waals surface area contributed by atoms with Crippen molar-refractivity contribution >= 4 is 17.5 Å². The summed E-state index contributed by atoms with van der Waals surface area (Å²) in [5, 5.41) is 12.8. The van der Waals surface area contributed by atoms with E-state index in [4.69, 9.17) is 11.5 Å². The van der Waals surface area contributed by atoms with Gasteiger partial charge in [-0.25, -0.2) is 0 Å². The van der Waals surface area contributed by atoms with Crippen LogP contribution in [0.2, 0.25) is 0 Å². The summed E-state index contributed by atoms with van der Waals surface area (Å²) >= 11 is 0. The number of nitrogens with two attached hydrogens (primary N) is 2. The van der Waals surface area contributed by atoms with Gasteiger partial charge in [-0.05, 0) is 26.3 Å². The lowest BCUT2D eigenvalue weighted by Gasteiger charge is -2.25. The van der Waals surface area contributed by atoms with Crippen molar-refractivity contribution in [3.63, 3.8) is 0 Å². The Morgan fingerprint density at radius 2 is 1.48 bits per heavy atom. The van der Waals surface area contributed by atoms with E-state index in [1.54, 1.807) is 13.8 Å². The molecule has 0 spiro atoms. The lowest BCUT2D eigenvalue weighted by atomic mass is 9.86. The highest BCUT2D eigenvalue weighted by molar-refractivity contribution is 5.93. The van der Waals surface area contributed by atoms with Crippen molar-refractivity contribution in [1.29, 1.82) is 0 Å². The average Bonchev–Trinajstić information content (AvgIpc) is 2.73. The van der Waals surface area contributed by atoms with E-state index in [2.05, 4.69) is 12.2 Å². The Morgan fingerprint density at radius 3 is 1.97 bits per heavy atom. The van der Waals surface area contributed by atoms with E-state index >= 15 is 0 Å². The fourth-order valence-electron chi connectivity index (χ4n) is 3.81. The van der Waals surface area contributed by atoms with Gasteiger partial charge in [0.05, 0.1) is 18.1 Å². The first-order valence-corrected chi connectivity index (χ1v) is 12.1. The maximum absolute atomic E-state index is 12.9. The number of Topliss-reactive ketones (excluding diaryl/α,β-unsaturated/α-hetero) is 2. The standard InChI is InChI=1S/C24H47N3O4/c1-5-6-7-8-9-10-11-12-19(13-14-25)22(29)15-20(18(4)28)24(31)27-21(16-26)23(30)17(2)3/h17-21,28H,5-16,25-26H2,1-4H3,(H,27,31)/t18?,19?,20-,21-/m0/s1. The van der Waals surface area contributed by atoms with Gasteiger partial charge in [-0.2, -0.15) is 0 Å². The van der Waals surface area contributed by atoms with Gasteiger partial charge in [0.1, 0.15) is 5.78 Å². The molecule has 2 unspecified atom stereocenters. The maximum atomic E-state index is 12.9. The van der Waals surface area contributed by atoms with Gasteiger partial charge < -0.3 is 21.9 Å². The normalized spacial score (nSPS) is 15.4. The van der Waals surface area contributed by atoms with Gasteiger partial charge in [-0.3, -0.25) is 14.4 Å². The van der Waals surface area contributed by atoms with Crippen LogP contribution in [0.25, 0.3) is 0 Å². The van der Waals surface area contributed by atoms with E-state index in [9.17, 15) is 19.5 Å². The van der Waals surface area contributed by atoms with Crippen molar-refractivity contribution in [1.82, 2.24) is 5.32 Å². The van der Waals surface area contributed by atoms with Crippen LogP contribution in [0, 0.1) is 17.8 Å². The number of rotatable bonds is 19. The second-order valence-electron chi connectivity index (χ2n) is 9.06. The number of nitrogens with one attached hydrogen (secondary N) is 1. The highest BCUT2D eigenvalue weighted by atomic mass is 16.3. The summed E-state index contributed by atoms with van der Waals surface area (Å²) in [6, 6.07) is -0.809. The Kier molecular flexibility index (Phi) is 16.5. The summed E-state index contributed by atoms with van der Waals surface area (Å²) in [4.78, 5) is 37.9. The molecule has 0 saturated heterocycles. The van der Waals surface area contributed by atoms with E-state index in [0.29, 0.717) is 13.0 Å². The highest BCUT2D eigenvalue weighted by Gasteiger charge is 2.32. The molecular formula is C24H47N3O4. The maximum Gasteiger partial charge on any atom is 0.226 e. The van der Waals surface area contributed by atoms with Crippen LogP contribution in [-0.2, 0) is 14.4 Å². The lowest BCUT2D eigenvalue weighted by molar-refractivity contribution is -0.136. The molecule has 4 atom stereocenters. The van der Waals surface area contributed by atoms with Crippen molar-refractivity contribution in [2.24, 2.45) is 29.2 Å². The van der Waals surface area contributed by atoms with Crippen LogP contribution >= 0.6 is 0 Å². The Hall–Kier alpha value is -1.31. The zero-order valence-corrected chi connectivity index (χ0v) is 20.2. The number of ketones is 2. The number of hydrogen-bond acceptors (Lipinski definition) is 6.